The van der Waals surface area contributed by atoms with Crippen LogP contribution in [0.2, 0.25) is 0 Å². The molecule has 0 saturated heterocycles. The molecule has 0 atom stereocenters. The highest BCUT2D eigenvalue weighted by atomic mass is 32.2. The van der Waals surface area contributed by atoms with E-state index in [-0.39, 0.29) is 24.7 Å². The molecule has 1 aromatic carbocycles. The van der Waals surface area contributed by atoms with Crippen LogP contribution >= 0.6 is 11.8 Å². The zero-order valence-corrected chi connectivity index (χ0v) is 14.9. The Morgan fingerprint density at radius 1 is 1.36 bits per heavy atom. The maximum atomic E-state index is 12.1. The van der Waals surface area contributed by atoms with E-state index in [4.69, 9.17) is 9.47 Å². The number of benzene rings is 1. The topological polar surface area (TPSA) is 93.3 Å². The molecule has 1 aliphatic heterocycles. The normalized spacial score (nSPS) is 12.2. The summed E-state index contributed by atoms with van der Waals surface area (Å²) in [5.74, 6) is 1.28. The number of fused-ring (bicyclic) bond motifs is 1. The van der Waals surface area contributed by atoms with Crippen LogP contribution in [-0.4, -0.2) is 28.9 Å². The van der Waals surface area contributed by atoms with Gasteiger partial charge < -0.3 is 19.8 Å². The van der Waals surface area contributed by atoms with Crippen molar-refractivity contribution in [3.8, 4) is 11.5 Å². The van der Waals surface area contributed by atoms with Crippen LogP contribution in [0, 0.1) is 6.92 Å². The van der Waals surface area contributed by atoms with E-state index >= 15 is 0 Å². The van der Waals surface area contributed by atoms with Crippen LogP contribution in [-0.2, 0) is 17.8 Å². The third-order valence-corrected chi connectivity index (χ3v) is 4.50. The summed E-state index contributed by atoms with van der Waals surface area (Å²) in [6.07, 6.45) is 2.44. The monoisotopic (exact) mass is 361 g/mol. The number of H-pyrrole nitrogens is 1. The second-order valence-electron chi connectivity index (χ2n) is 5.60. The predicted molar refractivity (Wildman–Crippen MR) is 94.1 cm³/mol. The first-order valence-corrected chi connectivity index (χ1v) is 9.08. The molecule has 0 fully saturated rings. The summed E-state index contributed by atoms with van der Waals surface area (Å²) in [5, 5.41) is 3.43. The Bertz CT molecular complexity index is 850. The van der Waals surface area contributed by atoms with Gasteiger partial charge in [-0.05, 0) is 37.3 Å². The van der Waals surface area contributed by atoms with Crippen molar-refractivity contribution in [2.75, 3.05) is 13.0 Å². The molecule has 2 aromatic rings. The van der Waals surface area contributed by atoms with Gasteiger partial charge >= 0.3 is 0 Å². The van der Waals surface area contributed by atoms with E-state index in [1.807, 2.05) is 24.5 Å². The van der Waals surface area contributed by atoms with E-state index in [2.05, 4.69) is 15.3 Å². The molecule has 3 rings (SSSR count). The van der Waals surface area contributed by atoms with Gasteiger partial charge in [0.05, 0.1) is 0 Å². The molecular formula is C17H19N3O4S. The first-order chi connectivity index (χ1) is 12.1. The maximum Gasteiger partial charge on any atom is 0.254 e. The van der Waals surface area contributed by atoms with Crippen molar-refractivity contribution in [2.45, 2.75) is 31.5 Å². The molecule has 0 bridgehead atoms. The van der Waals surface area contributed by atoms with Crippen molar-refractivity contribution in [1.82, 2.24) is 15.3 Å². The van der Waals surface area contributed by atoms with E-state index < -0.39 is 0 Å². The molecule has 7 nitrogen and oxygen atoms in total. The van der Waals surface area contributed by atoms with Crippen molar-refractivity contribution in [3.05, 3.63) is 45.4 Å². The van der Waals surface area contributed by atoms with Crippen LogP contribution in [0.4, 0.5) is 0 Å². The van der Waals surface area contributed by atoms with Crippen molar-refractivity contribution in [2.24, 2.45) is 0 Å². The summed E-state index contributed by atoms with van der Waals surface area (Å²) >= 11 is 1.38. The molecule has 132 valence electrons. The van der Waals surface area contributed by atoms with Crippen molar-refractivity contribution < 1.29 is 14.3 Å². The number of nitrogens with zero attached hydrogens (tertiary/aromatic N) is 1. The third-order valence-electron chi connectivity index (χ3n) is 3.92. The second-order valence-corrected chi connectivity index (χ2v) is 6.40. The molecular weight excluding hydrogens is 342 g/mol. The Hall–Kier alpha value is -2.48. The first kappa shape index (κ1) is 17.3. The number of carbonyl (C=O) groups excluding carboxylic acids is 1. The van der Waals surface area contributed by atoms with Gasteiger partial charge in [0.2, 0.25) is 12.7 Å². The number of aromatic nitrogens is 2. The number of thioether (sulfide) groups is 1. The number of amides is 1. The number of ether oxygens (including phenoxy) is 2. The lowest BCUT2D eigenvalue weighted by atomic mass is 10.1. The SMILES string of the molecule is CSc1nc(C)c(CCC(=O)NCc2ccc3c(c2)OCO3)c(=O)[nH]1. The van der Waals surface area contributed by atoms with Gasteiger partial charge in [-0.2, -0.15) is 0 Å². The number of hydrogen-bond donors (Lipinski definition) is 2. The Kier molecular flexibility index (Phi) is 5.28. The fraction of sp³-hybridized carbons (Fsp3) is 0.353. The molecule has 8 heteroatoms. The Balaban J connectivity index is 1.54. The summed E-state index contributed by atoms with van der Waals surface area (Å²) in [4.78, 5) is 31.1. The highest BCUT2D eigenvalue weighted by molar-refractivity contribution is 7.98. The third kappa shape index (κ3) is 4.14. The lowest BCUT2D eigenvalue weighted by Crippen LogP contribution is -2.25. The molecule has 0 spiro atoms. The molecule has 2 heterocycles. The molecule has 0 aliphatic carbocycles. The zero-order chi connectivity index (χ0) is 17.8. The van der Waals surface area contributed by atoms with Gasteiger partial charge in [-0.15, -0.1) is 0 Å². The molecule has 0 unspecified atom stereocenters. The molecule has 25 heavy (non-hydrogen) atoms. The Morgan fingerprint density at radius 3 is 2.92 bits per heavy atom. The molecule has 1 amide bonds. The number of hydrogen-bond acceptors (Lipinski definition) is 6. The molecule has 2 N–H and O–H groups in total. The van der Waals surface area contributed by atoms with E-state index in [0.29, 0.717) is 40.9 Å². The maximum absolute atomic E-state index is 12.1. The van der Waals surface area contributed by atoms with Gasteiger partial charge in [0.1, 0.15) is 0 Å². The minimum Gasteiger partial charge on any atom is -0.454 e. The van der Waals surface area contributed by atoms with E-state index in [1.165, 1.54) is 11.8 Å². The van der Waals surface area contributed by atoms with Gasteiger partial charge in [0.25, 0.3) is 5.56 Å². The quantitative estimate of drug-likeness (QED) is 0.602. The standard InChI is InChI=1S/C17H19N3O4S/c1-10-12(16(22)20-17(19-10)25-2)4-6-15(21)18-8-11-3-5-13-14(7-11)24-9-23-13/h3,5,7H,4,6,8-9H2,1-2H3,(H,18,21)(H,19,20,22). The summed E-state index contributed by atoms with van der Waals surface area (Å²) in [6.45, 7) is 2.41. The van der Waals surface area contributed by atoms with Gasteiger partial charge in [0.15, 0.2) is 16.7 Å². The average Bonchev–Trinajstić information content (AvgIpc) is 3.06. The summed E-state index contributed by atoms with van der Waals surface area (Å²) in [6, 6.07) is 5.56. The number of carbonyl (C=O) groups is 1. The smallest absolute Gasteiger partial charge is 0.254 e. The molecule has 1 aliphatic rings. The van der Waals surface area contributed by atoms with Gasteiger partial charge in [-0.3, -0.25) is 9.59 Å². The minimum atomic E-state index is -0.180. The van der Waals surface area contributed by atoms with Crippen LogP contribution in [0.25, 0.3) is 0 Å². The highest BCUT2D eigenvalue weighted by Crippen LogP contribution is 2.32. The molecule has 0 radical (unpaired) electrons. The van der Waals surface area contributed by atoms with E-state index in [9.17, 15) is 9.59 Å². The average molecular weight is 361 g/mol. The van der Waals surface area contributed by atoms with Gasteiger partial charge in [-0.1, -0.05) is 17.8 Å². The molecule has 1 aromatic heterocycles. The summed E-state index contributed by atoms with van der Waals surface area (Å²) in [7, 11) is 0. The van der Waals surface area contributed by atoms with E-state index in [0.717, 1.165) is 5.56 Å². The second kappa shape index (κ2) is 7.60. The minimum absolute atomic E-state index is 0.120. The van der Waals surface area contributed by atoms with Crippen LogP contribution in [0.15, 0.2) is 28.2 Å². The lowest BCUT2D eigenvalue weighted by Gasteiger charge is -2.08. The number of aromatic amines is 1. The summed E-state index contributed by atoms with van der Waals surface area (Å²) in [5.41, 5.74) is 1.96. The first-order valence-electron chi connectivity index (χ1n) is 7.86. The largest absolute Gasteiger partial charge is 0.454 e. The van der Waals surface area contributed by atoms with Crippen molar-refractivity contribution in [1.29, 1.82) is 0 Å². The lowest BCUT2D eigenvalue weighted by molar-refractivity contribution is -0.121. The van der Waals surface area contributed by atoms with Gasteiger partial charge in [0, 0.05) is 24.2 Å². The van der Waals surface area contributed by atoms with Crippen molar-refractivity contribution >= 4 is 17.7 Å². The van der Waals surface area contributed by atoms with E-state index in [1.54, 1.807) is 6.92 Å². The molecule has 0 saturated carbocycles. The fourth-order valence-electron chi connectivity index (χ4n) is 2.55. The number of rotatable bonds is 6. The predicted octanol–water partition coefficient (Wildman–Crippen LogP) is 1.78. The van der Waals surface area contributed by atoms with Crippen LogP contribution < -0.4 is 20.3 Å². The van der Waals surface area contributed by atoms with Crippen LogP contribution in [0.3, 0.4) is 0 Å². The zero-order valence-electron chi connectivity index (χ0n) is 14.0. The Labute approximate surface area is 149 Å². The highest BCUT2D eigenvalue weighted by Gasteiger charge is 2.14. The number of nitrogens with one attached hydrogen (secondary N) is 2. The Morgan fingerprint density at radius 2 is 2.16 bits per heavy atom. The van der Waals surface area contributed by atoms with Crippen LogP contribution in [0.1, 0.15) is 23.2 Å². The summed E-state index contributed by atoms with van der Waals surface area (Å²) < 4.78 is 10.6. The number of aryl methyl sites for hydroxylation is 1. The van der Waals surface area contributed by atoms with Crippen molar-refractivity contribution in [3.63, 3.8) is 0 Å². The van der Waals surface area contributed by atoms with Gasteiger partial charge in [-0.25, -0.2) is 4.98 Å². The van der Waals surface area contributed by atoms with Crippen LogP contribution in [0.5, 0.6) is 11.5 Å². The fourth-order valence-corrected chi connectivity index (χ4v) is 2.98.